The Morgan fingerprint density at radius 3 is 2.03 bits per heavy atom. The first-order valence-corrected chi connectivity index (χ1v) is 10.6. The molecule has 0 fully saturated rings. The highest BCUT2D eigenvalue weighted by Gasteiger charge is 2.25. The first-order chi connectivity index (χ1) is 14.7. The molecule has 0 amide bonds. The third kappa shape index (κ3) is 8.75. The van der Waals surface area contributed by atoms with Crippen molar-refractivity contribution in [2.45, 2.75) is 58.5 Å². The number of carbonyl (C=O) groups excluding carboxylic acids is 3. The van der Waals surface area contributed by atoms with Crippen LogP contribution in [0.4, 0.5) is 0 Å². The van der Waals surface area contributed by atoms with Gasteiger partial charge in [-0.2, -0.15) is 0 Å². The van der Waals surface area contributed by atoms with Gasteiger partial charge < -0.3 is 9.47 Å². The van der Waals surface area contributed by atoms with Gasteiger partial charge in [0.25, 0.3) is 0 Å². The average Bonchev–Trinajstić information content (AvgIpc) is 2.72. The molecule has 0 spiro atoms. The van der Waals surface area contributed by atoms with E-state index in [1.54, 1.807) is 20.8 Å². The zero-order chi connectivity index (χ0) is 22.9. The van der Waals surface area contributed by atoms with Crippen LogP contribution in [0.25, 0.3) is 11.1 Å². The van der Waals surface area contributed by atoms with Gasteiger partial charge in [-0.05, 0) is 50.3 Å². The summed E-state index contributed by atoms with van der Waals surface area (Å²) in [6.45, 7) is 5.42. The second-order valence-corrected chi connectivity index (χ2v) is 8.65. The Morgan fingerprint density at radius 1 is 0.839 bits per heavy atom. The Balaban J connectivity index is 2.08. The third-order valence-electron chi connectivity index (χ3n) is 4.86. The molecule has 0 heterocycles. The fraction of sp³-hybridized carbons (Fsp3) is 0.423. The first kappa shape index (κ1) is 24.3. The summed E-state index contributed by atoms with van der Waals surface area (Å²) in [5.74, 6) is -1.26. The smallest absolute Gasteiger partial charge is 0.307 e. The van der Waals surface area contributed by atoms with Crippen molar-refractivity contribution in [2.24, 2.45) is 5.92 Å². The molecule has 166 valence electrons. The molecular formula is C26H32O5. The van der Waals surface area contributed by atoms with Crippen molar-refractivity contribution < 1.29 is 23.9 Å². The van der Waals surface area contributed by atoms with Crippen LogP contribution in [-0.4, -0.2) is 30.4 Å². The molecule has 2 aromatic rings. The van der Waals surface area contributed by atoms with Crippen LogP contribution in [0.1, 0.15) is 52.0 Å². The van der Waals surface area contributed by atoms with Crippen LogP contribution in [0, 0.1) is 5.92 Å². The van der Waals surface area contributed by atoms with E-state index >= 15 is 0 Å². The largest absolute Gasteiger partial charge is 0.469 e. The Labute approximate surface area is 184 Å². The van der Waals surface area contributed by atoms with Gasteiger partial charge in [0, 0.05) is 18.8 Å². The number of hydrogen-bond donors (Lipinski definition) is 0. The summed E-state index contributed by atoms with van der Waals surface area (Å²) in [4.78, 5) is 36.6. The number of hydrogen-bond acceptors (Lipinski definition) is 5. The highest BCUT2D eigenvalue weighted by Crippen LogP contribution is 2.23. The molecule has 0 aliphatic carbocycles. The molecular weight excluding hydrogens is 392 g/mol. The summed E-state index contributed by atoms with van der Waals surface area (Å²) >= 11 is 0. The fourth-order valence-corrected chi connectivity index (χ4v) is 3.35. The van der Waals surface area contributed by atoms with Gasteiger partial charge in [0.1, 0.15) is 11.4 Å². The van der Waals surface area contributed by atoms with Gasteiger partial charge in [0.05, 0.1) is 13.5 Å². The maximum Gasteiger partial charge on any atom is 0.307 e. The molecule has 2 rings (SSSR count). The van der Waals surface area contributed by atoms with Crippen molar-refractivity contribution in [3.63, 3.8) is 0 Å². The molecule has 5 nitrogen and oxygen atoms in total. The molecule has 1 atom stereocenters. The van der Waals surface area contributed by atoms with Crippen LogP contribution in [0.2, 0.25) is 0 Å². The van der Waals surface area contributed by atoms with Crippen molar-refractivity contribution in [3.05, 3.63) is 60.2 Å². The molecule has 0 bridgehead atoms. The van der Waals surface area contributed by atoms with Crippen LogP contribution in [0.3, 0.4) is 0 Å². The van der Waals surface area contributed by atoms with Crippen molar-refractivity contribution in [2.75, 3.05) is 7.11 Å². The molecule has 0 aliphatic rings. The van der Waals surface area contributed by atoms with E-state index in [4.69, 9.17) is 4.74 Å². The summed E-state index contributed by atoms with van der Waals surface area (Å²) in [5, 5.41) is 0. The van der Waals surface area contributed by atoms with Crippen LogP contribution >= 0.6 is 0 Å². The summed E-state index contributed by atoms with van der Waals surface area (Å²) in [6.07, 6.45) is 1.29. The number of rotatable bonds is 10. The van der Waals surface area contributed by atoms with Crippen molar-refractivity contribution in [1.29, 1.82) is 0 Å². The van der Waals surface area contributed by atoms with E-state index in [0.717, 1.165) is 16.7 Å². The van der Waals surface area contributed by atoms with E-state index in [9.17, 15) is 14.4 Å². The predicted molar refractivity (Wildman–Crippen MR) is 120 cm³/mol. The van der Waals surface area contributed by atoms with Crippen molar-refractivity contribution in [3.8, 4) is 11.1 Å². The summed E-state index contributed by atoms with van der Waals surface area (Å²) in [7, 11) is 1.33. The molecule has 0 saturated heterocycles. The molecule has 0 radical (unpaired) electrons. The SMILES string of the molecule is COC(=O)CCCC(=O)[C@@H](CC(=O)OC(C)(C)C)Cc1ccc(-c2ccccc2)cc1. The minimum absolute atomic E-state index is 0.0226. The number of Topliss-reactive ketones (excluding diaryl/α,β-unsaturated/α-hetero) is 1. The van der Waals surface area contributed by atoms with E-state index in [1.165, 1.54) is 7.11 Å². The summed E-state index contributed by atoms with van der Waals surface area (Å²) < 4.78 is 10.1. The van der Waals surface area contributed by atoms with Gasteiger partial charge in [0.2, 0.25) is 0 Å². The highest BCUT2D eigenvalue weighted by atomic mass is 16.6. The van der Waals surface area contributed by atoms with Gasteiger partial charge in [-0.1, -0.05) is 54.6 Å². The Morgan fingerprint density at radius 2 is 1.45 bits per heavy atom. The number of ketones is 1. The topological polar surface area (TPSA) is 69.7 Å². The highest BCUT2D eigenvalue weighted by molar-refractivity contribution is 5.86. The Hall–Kier alpha value is -2.95. The van der Waals surface area contributed by atoms with E-state index in [1.807, 2.05) is 54.6 Å². The zero-order valence-corrected chi connectivity index (χ0v) is 18.9. The molecule has 2 aromatic carbocycles. The lowest BCUT2D eigenvalue weighted by Crippen LogP contribution is -2.28. The average molecular weight is 425 g/mol. The number of carbonyl (C=O) groups is 3. The molecule has 5 heteroatoms. The van der Waals surface area contributed by atoms with Crippen LogP contribution in [0.5, 0.6) is 0 Å². The quantitative estimate of drug-likeness (QED) is 0.493. The maximum absolute atomic E-state index is 12.8. The first-order valence-electron chi connectivity index (χ1n) is 10.6. The van der Waals surface area contributed by atoms with E-state index in [-0.39, 0.29) is 37.0 Å². The van der Waals surface area contributed by atoms with E-state index in [0.29, 0.717) is 12.8 Å². The predicted octanol–water partition coefficient (Wildman–Crippen LogP) is 5.16. The molecule has 0 saturated carbocycles. The minimum Gasteiger partial charge on any atom is -0.469 e. The molecule has 0 N–H and O–H groups in total. The summed E-state index contributed by atoms with van der Waals surface area (Å²) in [5.41, 5.74) is 2.60. The normalized spacial score (nSPS) is 12.1. The monoisotopic (exact) mass is 424 g/mol. The molecule has 31 heavy (non-hydrogen) atoms. The molecule has 0 unspecified atom stereocenters. The second kappa shape index (κ2) is 11.4. The molecule has 0 aromatic heterocycles. The lowest BCUT2D eigenvalue weighted by atomic mass is 9.89. The molecule has 0 aliphatic heterocycles. The van der Waals surface area contributed by atoms with Gasteiger partial charge >= 0.3 is 11.9 Å². The number of esters is 2. The third-order valence-corrected chi connectivity index (χ3v) is 4.86. The van der Waals surface area contributed by atoms with Gasteiger partial charge in [-0.3, -0.25) is 14.4 Å². The standard InChI is InChI=1S/C26H32O5/c1-26(2,3)31-25(29)18-22(23(27)11-8-12-24(28)30-4)17-19-13-15-21(16-14-19)20-9-6-5-7-10-20/h5-7,9-10,13-16,22H,8,11-12,17-18H2,1-4H3/t22-/m1/s1. The van der Waals surface area contributed by atoms with Gasteiger partial charge in [-0.25, -0.2) is 0 Å². The minimum atomic E-state index is -0.604. The Kier molecular flexibility index (Phi) is 8.98. The lowest BCUT2D eigenvalue weighted by molar-refractivity contribution is -0.157. The van der Waals surface area contributed by atoms with Crippen molar-refractivity contribution in [1.82, 2.24) is 0 Å². The number of ether oxygens (including phenoxy) is 2. The number of benzene rings is 2. The fourth-order valence-electron chi connectivity index (χ4n) is 3.35. The van der Waals surface area contributed by atoms with Crippen LogP contribution in [-0.2, 0) is 30.3 Å². The lowest BCUT2D eigenvalue weighted by Gasteiger charge is -2.22. The number of methoxy groups -OCH3 is 1. The van der Waals surface area contributed by atoms with Crippen molar-refractivity contribution >= 4 is 17.7 Å². The van der Waals surface area contributed by atoms with Crippen LogP contribution < -0.4 is 0 Å². The van der Waals surface area contributed by atoms with E-state index in [2.05, 4.69) is 4.74 Å². The second-order valence-electron chi connectivity index (χ2n) is 8.65. The maximum atomic E-state index is 12.8. The van der Waals surface area contributed by atoms with E-state index < -0.39 is 11.5 Å². The zero-order valence-electron chi connectivity index (χ0n) is 18.9. The van der Waals surface area contributed by atoms with Gasteiger partial charge in [0.15, 0.2) is 0 Å². The summed E-state index contributed by atoms with van der Waals surface area (Å²) in [6, 6.07) is 18.1. The van der Waals surface area contributed by atoms with Gasteiger partial charge in [-0.15, -0.1) is 0 Å². The Bertz CT molecular complexity index is 863. The van der Waals surface area contributed by atoms with Crippen LogP contribution in [0.15, 0.2) is 54.6 Å².